The van der Waals surface area contributed by atoms with Gasteiger partial charge in [0.05, 0.1) is 0 Å². The number of likely N-dealkylation sites (tertiary alicyclic amines) is 1. The molecule has 0 aromatic heterocycles. The molecule has 1 aliphatic rings. The van der Waals surface area contributed by atoms with Crippen LogP contribution in [0.4, 0.5) is 0 Å². The summed E-state index contributed by atoms with van der Waals surface area (Å²) in [5.74, 6) is -1.01. The van der Waals surface area contributed by atoms with Crippen LogP contribution in [-0.2, 0) is 14.4 Å². The van der Waals surface area contributed by atoms with Crippen molar-refractivity contribution in [3.8, 4) is 0 Å². The van der Waals surface area contributed by atoms with Gasteiger partial charge < -0.3 is 10.6 Å². The van der Waals surface area contributed by atoms with E-state index < -0.39 is 11.9 Å². The van der Waals surface area contributed by atoms with Crippen molar-refractivity contribution < 1.29 is 14.4 Å². The number of allylic oxidation sites excluding steroid dienone is 1. The molecule has 2 amide bonds. The molecule has 0 aromatic rings. The lowest BCUT2D eigenvalue weighted by atomic mass is 10.2. The molecule has 1 saturated heterocycles. The van der Waals surface area contributed by atoms with Crippen molar-refractivity contribution in [2.75, 3.05) is 6.54 Å². The van der Waals surface area contributed by atoms with E-state index in [1.165, 1.54) is 24.0 Å². The standard InChI is InChI=1S/C10H14N2O3/c1-7(13)4-5-9(14)12-6-2-3-8(12)10(11)15/h4-5,8H,2-3,6H2,1H3,(H2,11,15)/b5-4+/t8-/m0/s1. The van der Waals surface area contributed by atoms with Gasteiger partial charge in [-0.1, -0.05) is 0 Å². The van der Waals surface area contributed by atoms with Crippen LogP contribution < -0.4 is 5.73 Å². The highest BCUT2D eigenvalue weighted by atomic mass is 16.2. The molecule has 5 nitrogen and oxygen atoms in total. The van der Waals surface area contributed by atoms with Crippen LogP contribution in [0.3, 0.4) is 0 Å². The van der Waals surface area contributed by atoms with Crippen LogP contribution in [0.2, 0.25) is 0 Å². The zero-order valence-electron chi connectivity index (χ0n) is 8.60. The van der Waals surface area contributed by atoms with Gasteiger partial charge in [-0.05, 0) is 25.8 Å². The lowest BCUT2D eigenvalue weighted by molar-refractivity contribution is -0.133. The third-order valence-corrected chi connectivity index (χ3v) is 2.32. The quantitative estimate of drug-likeness (QED) is 0.644. The van der Waals surface area contributed by atoms with E-state index in [-0.39, 0.29) is 11.7 Å². The molecule has 15 heavy (non-hydrogen) atoms. The van der Waals surface area contributed by atoms with Crippen LogP contribution in [0, 0.1) is 0 Å². The Bertz CT molecular complexity index is 323. The van der Waals surface area contributed by atoms with Crippen molar-refractivity contribution in [1.82, 2.24) is 4.90 Å². The maximum Gasteiger partial charge on any atom is 0.247 e. The zero-order chi connectivity index (χ0) is 11.4. The van der Waals surface area contributed by atoms with Gasteiger partial charge in [0.15, 0.2) is 5.78 Å². The van der Waals surface area contributed by atoms with Crippen LogP contribution in [0.1, 0.15) is 19.8 Å². The van der Waals surface area contributed by atoms with Crippen LogP contribution >= 0.6 is 0 Å². The highest BCUT2D eigenvalue weighted by Gasteiger charge is 2.31. The minimum absolute atomic E-state index is 0.196. The van der Waals surface area contributed by atoms with E-state index in [0.717, 1.165) is 6.42 Å². The fraction of sp³-hybridized carbons (Fsp3) is 0.500. The number of hydrogen-bond donors (Lipinski definition) is 1. The van der Waals surface area contributed by atoms with E-state index in [4.69, 9.17) is 5.73 Å². The van der Waals surface area contributed by atoms with Crippen molar-refractivity contribution in [2.24, 2.45) is 5.73 Å². The lowest BCUT2D eigenvalue weighted by Gasteiger charge is -2.20. The first kappa shape index (κ1) is 11.4. The van der Waals surface area contributed by atoms with E-state index in [1.807, 2.05) is 0 Å². The predicted octanol–water partition coefficient (Wildman–Crippen LogP) is -0.392. The third-order valence-electron chi connectivity index (χ3n) is 2.32. The van der Waals surface area contributed by atoms with Crippen LogP contribution in [0.5, 0.6) is 0 Å². The molecule has 1 heterocycles. The normalized spacial score (nSPS) is 20.9. The summed E-state index contributed by atoms with van der Waals surface area (Å²) in [6, 6.07) is -0.519. The molecule has 1 fully saturated rings. The van der Waals surface area contributed by atoms with Gasteiger partial charge >= 0.3 is 0 Å². The Balaban J connectivity index is 2.66. The Morgan fingerprint density at radius 3 is 2.53 bits per heavy atom. The van der Waals surface area contributed by atoms with Gasteiger partial charge in [-0.15, -0.1) is 0 Å². The van der Waals surface area contributed by atoms with Crippen LogP contribution in [-0.4, -0.2) is 35.1 Å². The summed E-state index contributed by atoms with van der Waals surface area (Å²) in [6.45, 7) is 1.88. The predicted molar refractivity (Wildman–Crippen MR) is 53.8 cm³/mol. The summed E-state index contributed by atoms with van der Waals surface area (Å²) in [6.07, 6.45) is 3.75. The molecule has 0 spiro atoms. The number of amides is 2. The maximum absolute atomic E-state index is 11.5. The monoisotopic (exact) mass is 210 g/mol. The average molecular weight is 210 g/mol. The van der Waals surface area contributed by atoms with E-state index >= 15 is 0 Å². The number of nitrogens with zero attached hydrogens (tertiary/aromatic N) is 1. The Morgan fingerprint density at radius 1 is 1.33 bits per heavy atom. The second-order valence-corrected chi connectivity index (χ2v) is 3.54. The highest BCUT2D eigenvalue weighted by Crippen LogP contribution is 2.16. The molecule has 0 saturated carbocycles. The summed E-state index contributed by atoms with van der Waals surface area (Å²) >= 11 is 0. The Kier molecular flexibility index (Phi) is 3.60. The first-order valence-electron chi connectivity index (χ1n) is 4.81. The van der Waals surface area contributed by atoms with Gasteiger partial charge in [0.25, 0.3) is 0 Å². The second kappa shape index (κ2) is 4.72. The van der Waals surface area contributed by atoms with Crippen molar-refractivity contribution in [2.45, 2.75) is 25.8 Å². The van der Waals surface area contributed by atoms with Crippen molar-refractivity contribution >= 4 is 17.6 Å². The van der Waals surface area contributed by atoms with Gasteiger partial charge in [0.2, 0.25) is 11.8 Å². The first-order valence-corrected chi connectivity index (χ1v) is 4.81. The molecular weight excluding hydrogens is 196 g/mol. The SMILES string of the molecule is CC(=O)/C=C/C(=O)N1CCC[C@H]1C(N)=O. The third kappa shape index (κ3) is 2.90. The summed E-state index contributed by atoms with van der Waals surface area (Å²) in [4.78, 5) is 34.6. The molecule has 5 heteroatoms. The van der Waals surface area contributed by atoms with Gasteiger partial charge in [-0.25, -0.2) is 0 Å². The zero-order valence-corrected chi connectivity index (χ0v) is 8.60. The van der Waals surface area contributed by atoms with Gasteiger partial charge in [-0.2, -0.15) is 0 Å². The number of carbonyl (C=O) groups excluding carboxylic acids is 3. The largest absolute Gasteiger partial charge is 0.368 e. The smallest absolute Gasteiger partial charge is 0.247 e. The van der Waals surface area contributed by atoms with Crippen molar-refractivity contribution in [1.29, 1.82) is 0 Å². The van der Waals surface area contributed by atoms with E-state index in [2.05, 4.69) is 0 Å². The van der Waals surface area contributed by atoms with Gasteiger partial charge in [0, 0.05) is 12.6 Å². The van der Waals surface area contributed by atoms with E-state index in [9.17, 15) is 14.4 Å². The molecular formula is C10H14N2O3. The molecule has 1 aliphatic heterocycles. The number of rotatable bonds is 3. The second-order valence-electron chi connectivity index (χ2n) is 3.54. The number of ketones is 1. The van der Waals surface area contributed by atoms with E-state index in [0.29, 0.717) is 13.0 Å². The van der Waals surface area contributed by atoms with Crippen LogP contribution in [0.25, 0.3) is 0 Å². The maximum atomic E-state index is 11.5. The molecule has 1 atom stereocenters. The minimum Gasteiger partial charge on any atom is -0.368 e. The molecule has 0 aromatic carbocycles. The molecule has 0 radical (unpaired) electrons. The molecule has 0 aliphatic carbocycles. The molecule has 1 rings (SSSR count). The molecule has 82 valence electrons. The molecule has 0 unspecified atom stereocenters. The lowest BCUT2D eigenvalue weighted by Crippen LogP contribution is -2.43. The summed E-state index contributed by atoms with van der Waals surface area (Å²) in [5, 5.41) is 0. The fourth-order valence-corrected chi connectivity index (χ4v) is 1.61. The fourth-order valence-electron chi connectivity index (χ4n) is 1.61. The molecule has 0 bridgehead atoms. The topological polar surface area (TPSA) is 80.5 Å². The number of hydrogen-bond acceptors (Lipinski definition) is 3. The summed E-state index contributed by atoms with van der Waals surface area (Å²) < 4.78 is 0. The van der Waals surface area contributed by atoms with Gasteiger partial charge in [-0.3, -0.25) is 14.4 Å². The average Bonchev–Trinajstić information content (AvgIpc) is 2.62. The number of primary amides is 1. The Labute approximate surface area is 87.9 Å². The van der Waals surface area contributed by atoms with Crippen molar-refractivity contribution in [3.63, 3.8) is 0 Å². The minimum atomic E-state index is -0.519. The highest BCUT2D eigenvalue weighted by molar-refractivity contribution is 5.98. The Morgan fingerprint density at radius 2 is 2.00 bits per heavy atom. The van der Waals surface area contributed by atoms with Gasteiger partial charge in [0.1, 0.15) is 6.04 Å². The van der Waals surface area contributed by atoms with Crippen molar-refractivity contribution in [3.05, 3.63) is 12.2 Å². The Hall–Kier alpha value is -1.65. The summed E-state index contributed by atoms with van der Waals surface area (Å²) in [7, 11) is 0. The summed E-state index contributed by atoms with van der Waals surface area (Å²) in [5.41, 5.74) is 5.16. The molecule has 2 N–H and O–H groups in total. The van der Waals surface area contributed by atoms with E-state index in [1.54, 1.807) is 0 Å². The number of nitrogens with two attached hydrogens (primary N) is 1. The first-order chi connectivity index (χ1) is 7.02. The van der Waals surface area contributed by atoms with Crippen LogP contribution in [0.15, 0.2) is 12.2 Å². The number of carbonyl (C=O) groups is 3.